The van der Waals surface area contributed by atoms with E-state index in [4.69, 9.17) is 9.84 Å². The predicted octanol–water partition coefficient (Wildman–Crippen LogP) is 1.09. The molecule has 2 rings (SSSR count). The van der Waals surface area contributed by atoms with Crippen LogP contribution < -0.4 is 5.32 Å². The summed E-state index contributed by atoms with van der Waals surface area (Å²) in [6, 6.07) is 10.3. The first-order valence-electron chi connectivity index (χ1n) is 5.51. The van der Waals surface area contributed by atoms with Gasteiger partial charge in [0.25, 0.3) is 0 Å². The monoisotopic (exact) mass is 219 g/mol. The summed E-state index contributed by atoms with van der Waals surface area (Å²) in [5.41, 5.74) is 1.23. The fourth-order valence-corrected chi connectivity index (χ4v) is 1.78. The average molecular weight is 219 g/mol. The van der Waals surface area contributed by atoms with Gasteiger partial charge in [0.1, 0.15) is 12.2 Å². The Labute approximate surface area is 95.7 Å². The number of aliphatic hydroxyl groups is 1. The van der Waals surface area contributed by atoms with E-state index in [1.54, 1.807) is 0 Å². The number of hydrogen-bond acceptors (Lipinski definition) is 3. The summed E-state index contributed by atoms with van der Waals surface area (Å²) in [5.74, 6) is 0. The van der Waals surface area contributed by atoms with Gasteiger partial charge in [-0.3, -0.25) is 0 Å². The molecule has 1 aliphatic heterocycles. The van der Waals surface area contributed by atoms with Crippen molar-refractivity contribution in [1.82, 2.24) is 5.32 Å². The Morgan fingerprint density at radius 3 is 2.75 bits per heavy atom. The van der Waals surface area contributed by atoms with Gasteiger partial charge in [-0.15, -0.1) is 6.58 Å². The minimum absolute atomic E-state index is 0.0220. The lowest BCUT2D eigenvalue weighted by Gasteiger charge is -2.12. The second kappa shape index (κ2) is 5.25. The van der Waals surface area contributed by atoms with Crippen LogP contribution in [0.1, 0.15) is 5.56 Å². The largest absolute Gasteiger partial charge is 0.394 e. The molecule has 3 heteroatoms. The highest BCUT2D eigenvalue weighted by molar-refractivity contribution is 5.15. The summed E-state index contributed by atoms with van der Waals surface area (Å²) in [7, 11) is 0. The zero-order valence-corrected chi connectivity index (χ0v) is 9.17. The average Bonchev–Trinajstić information content (AvgIpc) is 3.11. The van der Waals surface area contributed by atoms with Gasteiger partial charge in [0, 0.05) is 6.54 Å². The molecular formula is C13H17NO2. The highest BCUT2D eigenvalue weighted by Gasteiger charge is 2.42. The molecule has 1 fully saturated rings. The van der Waals surface area contributed by atoms with Crippen molar-refractivity contribution in [3.63, 3.8) is 0 Å². The molecule has 1 heterocycles. The molecule has 1 aliphatic rings. The zero-order valence-electron chi connectivity index (χ0n) is 9.17. The molecule has 16 heavy (non-hydrogen) atoms. The first kappa shape index (κ1) is 11.3. The van der Waals surface area contributed by atoms with Crippen LogP contribution in [0.15, 0.2) is 43.0 Å². The molecule has 86 valence electrons. The quantitative estimate of drug-likeness (QED) is 0.556. The summed E-state index contributed by atoms with van der Waals surface area (Å²) in [6.07, 6.45) is 1.89. The van der Waals surface area contributed by atoms with Crippen molar-refractivity contribution in [2.45, 2.75) is 24.8 Å². The van der Waals surface area contributed by atoms with E-state index in [9.17, 15) is 0 Å². The van der Waals surface area contributed by atoms with E-state index in [2.05, 4.69) is 24.0 Å². The van der Waals surface area contributed by atoms with E-state index in [1.165, 1.54) is 5.56 Å². The molecular weight excluding hydrogens is 202 g/mol. The molecule has 3 nitrogen and oxygen atoms in total. The third-order valence-electron chi connectivity index (χ3n) is 2.79. The Balaban J connectivity index is 1.82. The number of epoxide rings is 1. The summed E-state index contributed by atoms with van der Waals surface area (Å²) >= 11 is 0. The van der Waals surface area contributed by atoms with E-state index in [1.807, 2.05) is 24.3 Å². The number of benzene rings is 1. The molecule has 1 aromatic carbocycles. The smallest absolute Gasteiger partial charge is 0.109 e. The first-order valence-corrected chi connectivity index (χ1v) is 5.51. The molecule has 0 bridgehead atoms. The Morgan fingerprint density at radius 2 is 2.19 bits per heavy atom. The number of ether oxygens (including phenoxy) is 1. The van der Waals surface area contributed by atoms with Gasteiger partial charge in [-0.1, -0.05) is 36.4 Å². The molecule has 0 aliphatic carbocycles. The van der Waals surface area contributed by atoms with Crippen LogP contribution in [0, 0.1) is 0 Å². The van der Waals surface area contributed by atoms with Crippen LogP contribution in [-0.2, 0) is 11.3 Å². The van der Waals surface area contributed by atoms with Crippen LogP contribution in [0.4, 0.5) is 0 Å². The summed E-state index contributed by atoms with van der Waals surface area (Å²) in [6.45, 7) is 4.65. The van der Waals surface area contributed by atoms with Crippen molar-refractivity contribution in [2.24, 2.45) is 0 Å². The highest BCUT2D eigenvalue weighted by Crippen LogP contribution is 2.25. The first-order chi connectivity index (χ1) is 7.85. The normalized spacial score (nSPS) is 25.1. The van der Waals surface area contributed by atoms with Crippen molar-refractivity contribution in [1.29, 1.82) is 0 Å². The molecule has 0 radical (unpaired) electrons. The minimum atomic E-state index is -0.0220. The second-order valence-corrected chi connectivity index (χ2v) is 3.95. The van der Waals surface area contributed by atoms with E-state index in [0.29, 0.717) is 0 Å². The van der Waals surface area contributed by atoms with Gasteiger partial charge in [0.05, 0.1) is 12.6 Å². The van der Waals surface area contributed by atoms with Gasteiger partial charge in [0.2, 0.25) is 0 Å². The maximum absolute atomic E-state index is 8.92. The Hall–Kier alpha value is -1.16. The molecule has 3 atom stereocenters. The Bertz CT molecular complexity index is 339. The van der Waals surface area contributed by atoms with E-state index in [-0.39, 0.29) is 24.9 Å². The molecule has 0 spiro atoms. The molecule has 1 saturated heterocycles. The van der Waals surface area contributed by atoms with Gasteiger partial charge in [-0.05, 0) is 5.56 Å². The summed E-state index contributed by atoms with van der Waals surface area (Å²) in [5, 5.41) is 12.3. The summed E-state index contributed by atoms with van der Waals surface area (Å²) < 4.78 is 5.32. The van der Waals surface area contributed by atoms with Gasteiger partial charge < -0.3 is 15.2 Å². The third-order valence-corrected chi connectivity index (χ3v) is 2.79. The van der Waals surface area contributed by atoms with Crippen molar-refractivity contribution >= 4 is 0 Å². The molecule has 0 unspecified atom stereocenters. The number of hydrogen-bond donors (Lipinski definition) is 2. The summed E-state index contributed by atoms with van der Waals surface area (Å²) in [4.78, 5) is 0. The molecule has 1 aromatic rings. The van der Waals surface area contributed by atoms with Gasteiger partial charge in [0.15, 0.2) is 0 Å². The SMILES string of the molecule is C=C[C@@H](NCc1ccccc1)[C@H]1O[C@H]1CO. The van der Waals surface area contributed by atoms with Crippen LogP contribution in [0.2, 0.25) is 0 Å². The molecule has 2 N–H and O–H groups in total. The molecule has 0 amide bonds. The predicted molar refractivity (Wildman–Crippen MR) is 63.0 cm³/mol. The van der Waals surface area contributed by atoms with Gasteiger partial charge in [-0.2, -0.15) is 0 Å². The van der Waals surface area contributed by atoms with Crippen molar-refractivity contribution in [2.75, 3.05) is 6.61 Å². The minimum Gasteiger partial charge on any atom is -0.394 e. The van der Waals surface area contributed by atoms with Crippen LogP contribution in [-0.4, -0.2) is 30.0 Å². The number of nitrogens with one attached hydrogen (secondary N) is 1. The van der Waals surface area contributed by atoms with E-state index in [0.717, 1.165) is 6.54 Å². The van der Waals surface area contributed by atoms with Crippen LogP contribution in [0.25, 0.3) is 0 Å². The van der Waals surface area contributed by atoms with Gasteiger partial charge >= 0.3 is 0 Å². The molecule has 0 saturated carbocycles. The lowest BCUT2D eigenvalue weighted by molar-refractivity contribution is 0.241. The number of rotatable bonds is 6. The van der Waals surface area contributed by atoms with E-state index < -0.39 is 0 Å². The second-order valence-electron chi connectivity index (χ2n) is 3.95. The third kappa shape index (κ3) is 2.70. The van der Waals surface area contributed by atoms with Gasteiger partial charge in [-0.25, -0.2) is 0 Å². The van der Waals surface area contributed by atoms with E-state index >= 15 is 0 Å². The van der Waals surface area contributed by atoms with Crippen molar-refractivity contribution in [3.8, 4) is 0 Å². The lowest BCUT2D eigenvalue weighted by Crippen LogP contribution is -2.33. The lowest BCUT2D eigenvalue weighted by atomic mass is 10.1. The maximum atomic E-state index is 8.92. The van der Waals surface area contributed by atoms with Crippen molar-refractivity contribution < 1.29 is 9.84 Å². The molecule has 0 aromatic heterocycles. The van der Waals surface area contributed by atoms with Crippen LogP contribution in [0.3, 0.4) is 0 Å². The van der Waals surface area contributed by atoms with Crippen molar-refractivity contribution in [3.05, 3.63) is 48.6 Å². The highest BCUT2D eigenvalue weighted by atomic mass is 16.6. The Morgan fingerprint density at radius 1 is 1.44 bits per heavy atom. The standard InChI is InChI=1S/C13H17NO2/c1-2-11(13-12(9-15)16-13)14-8-10-6-4-3-5-7-10/h2-7,11-15H,1,8-9H2/t11-,12+,13-/m1/s1. The fourth-order valence-electron chi connectivity index (χ4n) is 1.78. The van der Waals surface area contributed by atoms with Crippen LogP contribution in [0.5, 0.6) is 0 Å². The number of aliphatic hydroxyl groups excluding tert-OH is 1. The topological polar surface area (TPSA) is 44.8 Å². The Kier molecular flexibility index (Phi) is 3.72. The van der Waals surface area contributed by atoms with Crippen LogP contribution >= 0.6 is 0 Å². The maximum Gasteiger partial charge on any atom is 0.109 e. The fraction of sp³-hybridized carbons (Fsp3) is 0.385. The zero-order chi connectivity index (χ0) is 11.4.